The van der Waals surface area contributed by atoms with Crippen LogP contribution in [0.3, 0.4) is 0 Å². The van der Waals surface area contributed by atoms with E-state index < -0.39 is 0 Å². The van der Waals surface area contributed by atoms with Gasteiger partial charge in [-0.25, -0.2) is 4.98 Å². The first-order valence-electron chi connectivity index (χ1n) is 9.61. The molecule has 0 aliphatic heterocycles. The first-order chi connectivity index (χ1) is 14.3. The summed E-state index contributed by atoms with van der Waals surface area (Å²) in [5, 5.41) is 2.73. The normalized spacial score (nSPS) is 10.6. The zero-order chi connectivity index (χ0) is 21.8. The number of aromatic nitrogens is 2. The van der Waals surface area contributed by atoms with E-state index in [4.69, 9.17) is 4.74 Å². The second kappa shape index (κ2) is 8.82. The van der Waals surface area contributed by atoms with E-state index in [0.29, 0.717) is 11.4 Å². The highest BCUT2D eigenvalue weighted by Crippen LogP contribution is 2.23. The molecule has 3 rings (SSSR count). The maximum absolute atomic E-state index is 13.0. The molecule has 3 aromatic rings. The lowest BCUT2D eigenvalue weighted by Gasteiger charge is -2.17. The largest absolute Gasteiger partial charge is 0.497 e. The van der Waals surface area contributed by atoms with Crippen LogP contribution >= 0.6 is 0 Å². The van der Waals surface area contributed by atoms with Crippen molar-refractivity contribution in [3.8, 4) is 11.4 Å². The number of anilines is 1. The lowest BCUT2D eigenvalue weighted by Crippen LogP contribution is -2.35. The van der Waals surface area contributed by atoms with Crippen molar-refractivity contribution in [1.29, 1.82) is 0 Å². The number of hydrogen-bond donors (Lipinski definition) is 1. The van der Waals surface area contributed by atoms with Crippen molar-refractivity contribution >= 4 is 17.6 Å². The third-order valence-corrected chi connectivity index (χ3v) is 4.90. The molecule has 0 unspecified atom stereocenters. The molecule has 1 aromatic carbocycles. The monoisotopic (exact) mass is 406 g/mol. The number of nitrogens with one attached hydrogen (secondary N) is 1. The zero-order valence-corrected chi connectivity index (χ0v) is 17.9. The number of carbonyl (C=O) groups is 2. The van der Waals surface area contributed by atoms with Crippen LogP contribution in [0.25, 0.3) is 5.69 Å². The Morgan fingerprint density at radius 2 is 1.80 bits per heavy atom. The number of amides is 2. The Hall–Kier alpha value is -3.61. The Kier molecular flexibility index (Phi) is 6.20. The third kappa shape index (κ3) is 4.51. The number of pyridine rings is 1. The summed E-state index contributed by atoms with van der Waals surface area (Å²) in [6.45, 7) is 5.70. The molecule has 156 valence electrons. The second-order valence-electron chi connectivity index (χ2n) is 7.25. The lowest BCUT2D eigenvalue weighted by molar-refractivity contribution is -0.116. The number of carbonyl (C=O) groups excluding carboxylic acids is 2. The fraction of sp³-hybridized carbons (Fsp3) is 0.261. The molecular weight excluding hydrogens is 380 g/mol. The summed E-state index contributed by atoms with van der Waals surface area (Å²) in [6.07, 6.45) is 1.63. The highest BCUT2D eigenvalue weighted by molar-refractivity contribution is 6.00. The summed E-state index contributed by atoms with van der Waals surface area (Å²) in [6, 6.07) is 13.1. The second-order valence-corrected chi connectivity index (χ2v) is 7.25. The molecule has 0 fully saturated rings. The van der Waals surface area contributed by atoms with Gasteiger partial charge in [-0.05, 0) is 68.8 Å². The standard InChI is InChI=1S/C23H26N4O3/c1-15-10-11-24-21(12-15)25-22(28)14-26(4)23(29)20-13-16(2)27(17(20)3)18-6-8-19(30-5)9-7-18/h6-13H,14H2,1-5H3,(H,24,25,28). The quantitative estimate of drug-likeness (QED) is 0.680. The van der Waals surface area contributed by atoms with E-state index in [1.54, 1.807) is 26.4 Å². The topological polar surface area (TPSA) is 76.5 Å². The summed E-state index contributed by atoms with van der Waals surface area (Å²) in [5.41, 5.74) is 4.25. The van der Waals surface area contributed by atoms with Crippen molar-refractivity contribution in [1.82, 2.24) is 14.5 Å². The summed E-state index contributed by atoms with van der Waals surface area (Å²) in [5.74, 6) is 0.730. The predicted molar refractivity (Wildman–Crippen MR) is 116 cm³/mol. The molecule has 0 radical (unpaired) electrons. The minimum absolute atomic E-state index is 0.0688. The number of rotatable bonds is 6. The van der Waals surface area contributed by atoms with Crippen LogP contribution in [0.1, 0.15) is 27.3 Å². The van der Waals surface area contributed by atoms with Gasteiger partial charge in [0.25, 0.3) is 5.91 Å². The number of aryl methyl sites for hydroxylation is 2. The minimum Gasteiger partial charge on any atom is -0.497 e. The van der Waals surface area contributed by atoms with Crippen LogP contribution in [0, 0.1) is 20.8 Å². The van der Waals surface area contributed by atoms with Gasteiger partial charge >= 0.3 is 0 Å². The van der Waals surface area contributed by atoms with Crippen molar-refractivity contribution in [2.24, 2.45) is 0 Å². The Bertz CT molecular complexity index is 1070. The Morgan fingerprint density at radius 3 is 2.43 bits per heavy atom. The summed E-state index contributed by atoms with van der Waals surface area (Å²) in [4.78, 5) is 30.9. The molecule has 0 bridgehead atoms. The van der Waals surface area contributed by atoms with Gasteiger partial charge in [-0.3, -0.25) is 9.59 Å². The molecular formula is C23H26N4O3. The fourth-order valence-corrected chi connectivity index (χ4v) is 3.39. The van der Waals surface area contributed by atoms with Crippen molar-refractivity contribution in [2.45, 2.75) is 20.8 Å². The summed E-state index contributed by atoms with van der Waals surface area (Å²) >= 11 is 0. The molecule has 7 heteroatoms. The van der Waals surface area contributed by atoms with Gasteiger partial charge < -0.3 is 19.5 Å². The van der Waals surface area contributed by atoms with Crippen LogP contribution in [-0.4, -0.2) is 47.0 Å². The van der Waals surface area contributed by atoms with Gasteiger partial charge in [-0.2, -0.15) is 0 Å². The lowest BCUT2D eigenvalue weighted by atomic mass is 10.2. The van der Waals surface area contributed by atoms with E-state index in [0.717, 1.165) is 28.4 Å². The van der Waals surface area contributed by atoms with Crippen LogP contribution in [-0.2, 0) is 4.79 Å². The van der Waals surface area contributed by atoms with Crippen LogP contribution in [0.4, 0.5) is 5.82 Å². The molecule has 0 aliphatic rings. The maximum Gasteiger partial charge on any atom is 0.255 e. The summed E-state index contributed by atoms with van der Waals surface area (Å²) < 4.78 is 7.23. The van der Waals surface area contributed by atoms with Gasteiger partial charge in [0.05, 0.1) is 19.2 Å². The average molecular weight is 406 g/mol. The fourth-order valence-electron chi connectivity index (χ4n) is 3.39. The molecule has 30 heavy (non-hydrogen) atoms. The third-order valence-electron chi connectivity index (χ3n) is 4.90. The van der Waals surface area contributed by atoms with E-state index in [2.05, 4.69) is 10.3 Å². The number of ether oxygens (including phenoxy) is 1. The molecule has 2 amide bonds. The molecule has 0 saturated carbocycles. The smallest absolute Gasteiger partial charge is 0.255 e. The van der Waals surface area contributed by atoms with E-state index in [9.17, 15) is 9.59 Å². The molecule has 7 nitrogen and oxygen atoms in total. The van der Waals surface area contributed by atoms with Crippen molar-refractivity contribution < 1.29 is 14.3 Å². The van der Waals surface area contributed by atoms with Crippen LogP contribution in [0.2, 0.25) is 0 Å². The van der Waals surface area contributed by atoms with Crippen LogP contribution in [0.15, 0.2) is 48.7 Å². The first kappa shape index (κ1) is 21.1. The van der Waals surface area contributed by atoms with Crippen molar-refractivity contribution in [3.05, 3.63) is 71.2 Å². The SMILES string of the molecule is COc1ccc(-n2c(C)cc(C(=O)N(C)CC(=O)Nc3cc(C)ccn3)c2C)cc1. The van der Waals surface area contributed by atoms with Gasteiger partial charge in [-0.15, -0.1) is 0 Å². The Balaban J connectivity index is 1.75. The molecule has 0 atom stereocenters. The Labute approximate surface area is 176 Å². The molecule has 2 heterocycles. The maximum atomic E-state index is 13.0. The zero-order valence-electron chi connectivity index (χ0n) is 17.9. The molecule has 1 N–H and O–H groups in total. The minimum atomic E-state index is -0.298. The molecule has 0 saturated heterocycles. The highest BCUT2D eigenvalue weighted by Gasteiger charge is 2.21. The molecule has 0 spiro atoms. The van der Waals surface area contributed by atoms with Crippen molar-refractivity contribution in [2.75, 3.05) is 26.0 Å². The number of benzene rings is 1. The predicted octanol–water partition coefficient (Wildman–Crippen LogP) is 3.52. The van der Waals surface area contributed by atoms with Crippen molar-refractivity contribution in [3.63, 3.8) is 0 Å². The number of nitrogens with zero attached hydrogens (tertiary/aromatic N) is 3. The first-order valence-corrected chi connectivity index (χ1v) is 9.61. The van der Waals surface area contributed by atoms with E-state index in [1.165, 1.54) is 4.90 Å². The highest BCUT2D eigenvalue weighted by atomic mass is 16.5. The number of methoxy groups -OCH3 is 1. The van der Waals surface area contributed by atoms with Gasteiger partial charge in [0, 0.05) is 30.3 Å². The average Bonchev–Trinajstić information content (AvgIpc) is 3.01. The van der Waals surface area contributed by atoms with Gasteiger partial charge in [0.2, 0.25) is 5.91 Å². The van der Waals surface area contributed by atoms with E-state index in [1.807, 2.05) is 61.7 Å². The van der Waals surface area contributed by atoms with Gasteiger partial charge in [0.1, 0.15) is 11.6 Å². The van der Waals surface area contributed by atoms with Gasteiger partial charge in [-0.1, -0.05) is 0 Å². The van der Waals surface area contributed by atoms with E-state index >= 15 is 0 Å². The van der Waals surface area contributed by atoms with Gasteiger partial charge in [0.15, 0.2) is 0 Å². The summed E-state index contributed by atoms with van der Waals surface area (Å²) in [7, 11) is 3.24. The number of hydrogen-bond acceptors (Lipinski definition) is 4. The van der Waals surface area contributed by atoms with Crippen LogP contribution in [0.5, 0.6) is 5.75 Å². The molecule has 0 aliphatic carbocycles. The van der Waals surface area contributed by atoms with E-state index in [-0.39, 0.29) is 18.4 Å². The number of likely N-dealkylation sites (N-methyl/N-ethyl adjacent to an activating group) is 1. The Morgan fingerprint density at radius 1 is 1.10 bits per heavy atom. The van der Waals surface area contributed by atoms with Crippen LogP contribution < -0.4 is 10.1 Å². The molecule has 2 aromatic heterocycles.